The summed E-state index contributed by atoms with van der Waals surface area (Å²) >= 11 is 0.996. The minimum atomic E-state index is -0.776. The number of carbonyl (C=O) groups is 2. The Morgan fingerprint density at radius 2 is 2.04 bits per heavy atom. The number of fused-ring (bicyclic) bond motifs is 1. The lowest BCUT2D eigenvalue weighted by atomic mass is 10.1. The largest absolute Gasteiger partial charge is 0.472 e. The third-order valence-corrected chi connectivity index (χ3v) is 4.23. The minimum Gasteiger partial charge on any atom is -0.472 e. The maximum atomic E-state index is 12.6. The summed E-state index contributed by atoms with van der Waals surface area (Å²) in [6.07, 6.45) is 1.71. The van der Waals surface area contributed by atoms with Gasteiger partial charge in [-0.2, -0.15) is 4.98 Å². The van der Waals surface area contributed by atoms with E-state index < -0.39 is 11.7 Å². The number of carbonyl (C=O) groups excluding carboxylic acids is 2. The molecule has 1 aromatic carbocycles. The fourth-order valence-electron chi connectivity index (χ4n) is 2.44. The molecule has 1 amide bonds. The highest BCUT2D eigenvalue weighted by Crippen LogP contribution is 2.25. The zero-order chi connectivity index (χ0) is 17.3. The van der Waals surface area contributed by atoms with E-state index in [4.69, 9.17) is 4.74 Å². The average Bonchev–Trinajstić information content (AvgIpc) is 3.18. The van der Waals surface area contributed by atoms with Gasteiger partial charge >= 0.3 is 0 Å². The van der Waals surface area contributed by atoms with Crippen LogP contribution >= 0.6 is 11.5 Å². The Kier molecular flexibility index (Phi) is 4.30. The number of Topliss-reactive ketones (excluding diaryl/α,β-unsaturated/α-hetero) is 1. The van der Waals surface area contributed by atoms with Crippen molar-refractivity contribution < 1.29 is 14.3 Å². The first-order valence-electron chi connectivity index (χ1n) is 7.34. The van der Waals surface area contributed by atoms with Crippen molar-refractivity contribution in [3.05, 3.63) is 36.0 Å². The van der Waals surface area contributed by atoms with Crippen molar-refractivity contribution in [2.45, 2.75) is 19.9 Å². The maximum absolute atomic E-state index is 12.6. The van der Waals surface area contributed by atoms with Crippen LogP contribution in [0.15, 0.2) is 30.5 Å². The van der Waals surface area contributed by atoms with Gasteiger partial charge in [0.25, 0.3) is 16.9 Å². The summed E-state index contributed by atoms with van der Waals surface area (Å²) in [5.74, 6) is -1.34. The highest BCUT2D eigenvalue weighted by Gasteiger charge is 2.23. The molecule has 0 unspecified atom stereocenters. The van der Waals surface area contributed by atoms with Gasteiger partial charge in [-0.3, -0.25) is 14.9 Å². The number of benzene rings is 1. The number of ether oxygens (including phenoxy) is 1. The van der Waals surface area contributed by atoms with Crippen LogP contribution in [0, 0.1) is 0 Å². The van der Waals surface area contributed by atoms with Crippen LogP contribution in [0.3, 0.4) is 0 Å². The van der Waals surface area contributed by atoms with E-state index in [9.17, 15) is 9.59 Å². The van der Waals surface area contributed by atoms with Gasteiger partial charge in [0.2, 0.25) is 5.95 Å². The van der Waals surface area contributed by atoms with Gasteiger partial charge in [-0.05, 0) is 19.9 Å². The molecule has 0 aliphatic rings. The first-order valence-corrected chi connectivity index (χ1v) is 8.11. The summed E-state index contributed by atoms with van der Waals surface area (Å²) in [5.41, 5.74) is 1.27. The molecular formula is C16H16N4O3S. The molecule has 1 N–H and O–H groups in total. The van der Waals surface area contributed by atoms with Crippen molar-refractivity contribution in [1.82, 2.24) is 13.9 Å². The number of aromatic nitrogens is 3. The summed E-state index contributed by atoms with van der Waals surface area (Å²) < 4.78 is 10.8. The van der Waals surface area contributed by atoms with Crippen LogP contribution in [0.25, 0.3) is 10.9 Å². The van der Waals surface area contributed by atoms with Crippen LogP contribution in [0.1, 0.15) is 30.2 Å². The molecule has 0 spiro atoms. The van der Waals surface area contributed by atoms with Crippen molar-refractivity contribution in [3.8, 4) is 5.19 Å². The molecular weight excluding hydrogens is 328 g/mol. The zero-order valence-electron chi connectivity index (χ0n) is 13.4. The van der Waals surface area contributed by atoms with E-state index in [1.165, 1.54) is 7.11 Å². The zero-order valence-corrected chi connectivity index (χ0v) is 14.3. The van der Waals surface area contributed by atoms with E-state index in [1.54, 1.807) is 6.20 Å². The predicted octanol–water partition coefficient (Wildman–Crippen LogP) is 2.90. The molecule has 0 radical (unpaired) electrons. The fourth-order valence-corrected chi connectivity index (χ4v) is 2.89. The standard InChI is InChI=1S/C16H16N4O3S/c1-9(2)20-8-11(10-6-4-5-7-12(10)20)13(21)14(22)17-15-18-16(23-3)24-19-15/h4-9H,1-3H3,(H,17,19,22). The molecule has 7 nitrogen and oxygen atoms in total. The molecule has 0 aliphatic heterocycles. The molecule has 3 aromatic rings. The Balaban J connectivity index is 1.92. The summed E-state index contributed by atoms with van der Waals surface area (Å²) in [6.45, 7) is 4.04. The Bertz CT molecular complexity index is 913. The quantitative estimate of drug-likeness (QED) is 0.568. The van der Waals surface area contributed by atoms with Crippen molar-refractivity contribution >= 4 is 40.1 Å². The lowest BCUT2D eigenvalue weighted by Crippen LogP contribution is -2.23. The topological polar surface area (TPSA) is 86.1 Å². The molecule has 0 saturated carbocycles. The Labute approximate surface area is 142 Å². The fraction of sp³-hybridized carbons (Fsp3) is 0.250. The summed E-state index contributed by atoms with van der Waals surface area (Å²) in [6, 6.07) is 7.68. The van der Waals surface area contributed by atoms with Gasteiger partial charge in [0, 0.05) is 34.7 Å². The number of methoxy groups -OCH3 is 1. The van der Waals surface area contributed by atoms with Crippen molar-refractivity contribution in [1.29, 1.82) is 0 Å². The van der Waals surface area contributed by atoms with Gasteiger partial charge in [0.1, 0.15) is 0 Å². The molecule has 124 valence electrons. The molecule has 8 heteroatoms. The first-order chi connectivity index (χ1) is 11.5. The molecule has 0 saturated heterocycles. The van der Waals surface area contributed by atoms with Crippen molar-refractivity contribution in [3.63, 3.8) is 0 Å². The Hall–Kier alpha value is -2.74. The third-order valence-electron chi connectivity index (χ3n) is 3.56. The van der Waals surface area contributed by atoms with E-state index in [-0.39, 0.29) is 12.0 Å². The van der Waals surface area contributed by atoms with Crippen LogP contribution < -0.4 is 10.1 Å². The number of para-hydroxylation sites is 1. The minimum absolute atomic E-state index is 0.0581. The molecule has 24 heavy (non-hydrogen) atoms. The van der Waals surface area contributed by atoms with Crippen molar-refractivity contribution in [2.75, 3.05) is 12.4 Å². The Morgan fingerprint density at radius 1 is 1.29 bits per heavy atom. The van der Waals surface area contributed by atoms with Gasteiger partial charge in [-0.15, -0.1) is 4.37 Å². The second kappa shape index (κ2) is 6.40. The van der Waals surface area contributed by atoms with E-state index in [2.05, 4.69) is 14.7 Å². The number of ketones is 1. The lowest BCUT2D eigenvalue weighted by Gasteiger charge is -2.08. The summed E-state index contributed by atoms with van der Waals surface area (Å²) in [5, 5.41) is 3.47. The highest BCUT2D eigenvalue weighted by atomic mass is 32.1. The molecule has 0 atom stereocenters. The van der Waals surface area contributed by atoms with Crippen LogP contribution in [0.5, 0.6) is 5.19 Å². The maximum Gasteiger partial charge on any atom is 0.299 e. The molecule has 2 aromatic heterocycles. The van der Waals surface area contributed by atoms with E-state index in [0.29, 0.717) is 10.8 Å². The number of nitrogens with one attached hydrogen (secondary N) is 1. The molecule has 0 aliphatic carbocycles. The molecule has 0 bridgehead atoms. The monoisotopic (exact) mass is 344 g/mol. The number of hydrogen-bond acceptors (Lipinski definition) is 6. The molecule has 2 heterocycles. The van der Waals surface area contributed by atoms with E-state index in [0.717, 1.165) is 22.4 Å². The summed E-state index contributed by atoms with van der Waals surface area (Å²) in [7, 11) is 1.46. The van der Waals surface area contributed by atoms with Gasteiger partial charge in [0.15, 0.2) is 0 Å². The Morgan fingerprint density at radius 3 is 2.71 bits per heavy atom. The second-order valence-electron chi connectivity index (χ2n) is 5.43. The molecule has 3 rings (SSSR count). The van der Waals surface area contributed by atoms with Crippen LogP contribution in [-0.2, 0) is 4.79 Å². The van der Waals surface area contributed by atoms with Gasteiger partial charge in [-0.1, -0.05) is 18.2 Å². The number of hydrogen-bond donors (Lipinski definition) is 1. The van der Waals surface area contributed by atoms with Crippen molar-refractivity contribution in [2.24, 2.45) is 0 Å². The van der Waals surface area contributed by atoms with E-state index >= 15 is 0 Å². The van der Waals surface area contributed by atoms with Gasteiger partial charge in [-0.25, -0.2) is 0 Å². The van der Waals surface area contributed by atoms with Crippen LogP contribution in [-0.4, -0.2) is 32.7 Å². The smallest absolute Gasteiger partial charge is 0.299 e. The molecule has 0 fully saturated rings. The predicted molar refractivity (Wildman–Crippen MR) is 91.7 cm³/mol. The van der Waals surface area contributed by atoms with Gasteiger partial charge in [0.05, 0.1) is 12.7 Å². The van der Waals surface area contributed by atoms with Gasteiger partial charge < -0.3 is 9.30 Å². The lowest BCUT2D eigenvalue weighted by molar-refractivity contribution is -0.112. The number of nitrogens with zero attached hydrogens (tertiary/aromatic N) is 3. The summed E-state index contributed by atoms with van der Waals surface area (Å²) in [4.78, 5) is 28.8. The number of anilines is 1. The van der Waals surface area contributed by atoms with Crippen LogP contribution in [0.2, 0.25) is 0 Å². The average molecular weight is 344 g/mol. The number of amides is 1. The SMILES string of the molecule is COc1nc(NC(=O)C(=O)c2cn(C(C)C)c3ccccc23)ns1. The van der Waals surface area contributed by atoms with Crippen LogP contribution in [0.4, 0.5) is 5.95 Å². The highest BCUT2D eigenvalue weighted by molar-refractivity contribution is 7.07. The second-order valence-corrected chi connectivity index (χ2v) is 6.15. The van der Waals surface area contributed by atoms with E-state index in [1.807, 2.05) is 42.7 Å². The number of rotatable bonds is 5. The third kappa shape index (κ3) is 2.88. The normalized spacial score (nSPS) is 11.0. The first kappa shape index (κ1) is 16.1.